The van der Waals surface area contributed by atoms with Gasteiger partial charge in [-0.3, -0.25) is 4.79 Å². The molecular formula is C18H16BrN3O4. The molecule has 0 atom stereocenters. The van der Waals surface area contributed by atoms with E-state index in [9.17, 15) is 4.79 Å². The summed E-state index contributed by atoms with van der Waals surface area (Å²) >= 11 is 3.33. The molecule has 0 spiro atoms. The zero-order valence-electron chi connectivity index (χ0n) is 14.2. The second-order valence-electron chi connectivity index (χ2n) is 5.27. The van der Waals surface area contributed by atoms with Gasteiger partial charge < -0.3 is 19.3 Å². The fourth-order valence-corrected chi connectivity index (χ4v) is 2.54. The molecule has 0 aliphatic carbocycles. The molecule has 3 aromatic rings. The second-order valence-corrected chi connectivity index (χ2v) is 6.19. The monoisotopic (exact) mass is 417 g/mol. The summed E-state index contributed by atoms with van der Waals surface area (Å²) in [6.07, 6.45) is 0. The summed E-state index contributed by atoms with van der Waals surface area (Å²) in [6, 6.07) is 12.4. The maximum absolute atomic E-state index is 12.1. The Morgan fingerprint density at radius 2 is 1.85 bits per heavy atom. The summed E-state index contributed by atoms with van der Waals surface area (Å²) < 4.78 is 16.6. The molecule has 1 aromatic heterocycles. The highest BCUT2D eigenvalue weighted by Gasteiger charge is 2.13. The lowest BCUT2D eigenvalue weighted by Gasteiger charge is -2.07. The van der Waals surface area contributed by atoms with Crippen molar-refractivity contribution in [2.24, 2.45) is 0 Å². The number of benzene rings is 2. The largest absolute Gasteiger partial charge is 0.493 e. The van der Waals surface area contributed by atoms with Crippen LogP contribution in [0, 0.1) is 0 Å². The normalized spacial score (nSPS) is 10.4. The van der Waals surface area contributed by atoms with E-state index in [4.69, 9.17) is 14.0 Å². The highest BCUT2D eigenvalue weighted by atomic mass is 79.9. The third-order valence-corrected chi connectivity index (χ3v) is 4.15. The van der Waals surface area contributed by atoms with Crippen molar-refractivity contribution in [3.05, 3.63) is 58.4 Å². The van der Waals surface area contributed by atoms with Gasteiger partial charge in [-0.2, -0.15) is 4.98 Å². The van der Waals surface area contributed by atoms with Gasteiger partial charge in [0.25, 0.3) is 5.91 Å². The fraction of sp³-hybridized carbons (Fsp3) is 0.167. The summed E-state index contributed by atoms with van der Waals surface area (Å²) in [7, 11) is 3.12. The first-order valence-corrected chi connectivity index (χ1v) is 8.48. The lowest BCUT2D eigenvalue weighted by atomic mass is 10.2. The lowest BCUT2D eigenvalue weighted by Crippen LogP contribution is -2.22. The highest BCUT2D eigenvalue weighted by molar-refractivity contribution is 9.10. The first kappa shape index (κ1) is 17.9. The zero-order valence-corrected chi connectivity index (χ0v) is 15.7. The number of ether oxygens (including phenoxy) is 2. The van der Waals surface area contributed by atoms with Gasteiger partial charge in [0.05, 0.1) is 20.8 Å². The quantitative estimate of drug-likeness (QED) is 0.660. The number of carbonyl (C=O) groups excluding carboxylic acids is 1. The van der Waals surface area contributed by atoms with E-state index in [0.717, 1.165) is 10.0 Å². The summed E-state index contributed by atoms with van der Waals surface area (Å²) in [6.45, 7) is 0.134. The molecule has 0 aliphatic rings. The number of hydrogen-bond acceptors (Lipinski definition) is 6. The van der Waals surface area contributed by atoms with E-state index in [2.05, 4.69) is 31.4 Å². The Morgan fingerprint density at radius 1 is 1.12 bits per heavy atom. The molecule has 0 bridgehead atoms. The Hall–Kier alpha value is -2.87. The number of nitrogens with zero attached hydrogens (tertiary/aromatic N) is 2. The number of aromatic nitrogens is 2. The fourth-order valence-electron chi connectivity index (χ4n) is 2.28. The van der Waals surface area contributed by atoms with Gasteiger partial charge >= 0.3 is 0 Å². The van der Waals surface area contributed by atoms with Gasteiger partial charge in [-0.25, -0.2) is 0 Å². The predicted octanol–water partition coefficient (Wildman–Crippen LogP) is 3.45. The van der Waals surface area contributed by atoms with Crippen LogP contribution >= 0.6 is 15.9 Å². The Morgan fingerprint density at radius 3 is 2.54 bits per heavy atom. The van der Waals surface area contributed by atoms with Crippen molar-refractivity contribution >= 4 is 21.8 Å². The molecule has 3 rings (SSSR count). The van der Waals surface area contributed by atoms with Crippen LogP contribution in [0.3, 0.4) is 0 Å². The molecule has 1 N–H and O–H groups in total. The van der Waals surface area contributed by atoms with E-state index in [0.29, 0.717) is 28.8 Å². The van der Waals surface area contributed by atoms with Crippen LogP contribution in [0.25, 0.3) is 11.4 Å². The molecule has 26 heavy (non-hydrogen) atoms. The Labute approximate surface area is 158 Å². The van der Waals surface area contributed by atoms with Crippen molar-refractivity contribution in [1.82, 2.24) is 15.5 Å². The van der Waals surface area contributed by atoms with Crippen molar-refractivity contribution in [2.45, 2.75) is 6.54 Å². The van der Waals surface area contributed by atoms with Crippen molar-refractivity contribution in [2.75, 3.05) is 14.2 Å². The maximum atomic E-state index is 12.1. The lowest BCUT2D eigenvalue weighted by molar-refractivity contribution is 0.0946. The minimum Gasteiger partial charge on any atom is -0.493 e. The number of halogens is 1. The Balaban J connectivity index is 1.68. The molecule has 1 amide bonds. The van der Waals surface area contributed by atoms with Crippen LogP contribution in [0.15, 0.2) is 51.5 Å². The van der Waals surface area contributed by atoms with Crippen LogP contribution in [0.2, 0.25) is 0 Å². The van der Waals surface area contributed by atoms with E-state index in [1.54, 1.807) is 56.7 Å². The third-order valence-electron chi connectivity index (χ3n) is 3.62. The van der Waals surface area contributed by atoms with Crippen molar-refractivity contribution in [3.63, 3.8) is 0 Å². The van der Waals surface area contributed by atoms with Crippen molar-refractivity contribution in [3.8, 4) is 22.9 Å². The standard InChI is InChI=1S/C18H16BrN3O4/c1-24-14-8-5-12(9-15(14)25-2)17-21-16(26-22-17)10-20-18(23)11-3-6-13(19)7-4-11/h3-9H,10H2,1-2H3,(H,20,23). The SMILES string of the molecule is COc1ccc(-c2noc(CNC(=O)c3ccc(Br)cc3)n2)cc1OC. The summed E-state index contributed by atoms with van der Waals surface area (Å²) in [5.74, 6) is 1.67. The van der Waals surface area contributed by atoms with Gasteiger partial charge in [-0.15, -0.1) is 0 Å². The van der Waals surface area contributed by atoms with Crippen LogP contribution in [0.4, 0.5) is 0 Å². The van der Waals surface area contributed by atoms with E-state index < -0.39 is 0 Å². The smallest absolute Gasteiger partial charge is 0.251 e. The van der Waals surface area contributed by atoms with Crippen molar-refractivity contribution in [1.29, 1.82) is 0 Å². The topological polar surface area (TPSA) is 86.5 Å². The first-order chi connectivity index (χ1) is 12.6. The van der Waals surface area contributed by atoms with Crippen LogP contribution in [0.1, 0.15) is 16.2 Å². The molecule has 134 valence electrons. The number of methoxy groups -OCH3 is 2. The molecule has 2 aromatic carbocycles. The van der Waals surface area contributed by atoms with Crippen LogP contribution in [-0.4, -0.2) is 30.3 Å². The third kappa shape index (κ3) is 4.02. The average molecular weight is 418 g/mol. The van der Waals surface area contributed by atoms with Crippen LogP contribution in [-0.2, 0) is 6.54 Å². The second kappa shape index (κ2) is 8.01. The molecule has 0 saturated carbocycles. The van der Waals surface area contributed by atoms with E-state index in [1.165, 1.54) is 0 Å². The molecule has 8 heteroatoms. The Kier molecular flexibility index (Phi) is 5.52. The van der Waals surface area contributed by atoms with E-state index >= 15 is 0 Å². The number of amides is 1. The van der Waals surface area contributed by atoms with E-state index in [1.807, 2.05) is 0 Å². The number of rotatable bonds is 6. The van der Waals surface area contributed by atoms with Gasteiger partial charge in [0, 0.05) is 15.6 Å². The molecular weight excluding hydrogens is 402 g/mol. The molecule has 0 fully saturated rings. The summed E-state index contributed by atoms with van der Waals surface area (Å²) in [4.78, 5) is 16.4. The molecule has 0 saturated heterocycles. The minimum atomic E-state index is -0.219. The number of hydrogen-bond donors (Lipinski definition) is 1. The minimum absolute atomic E-state index is 0.134. The number of carbonyl (C=O) groups is 1. The first-order valence-electron chi connectivity index (χ1n) is 7.69. The summed E-state index contributed by atoms with van der Waals surface area (Å²) in [5, 5.41) is 6.68. The van der Waals surface area contributed by atoms with Gasteiger partial charge in [0.1, 0.15) is 0 Å². The molecule has 0 unspecified atom stereocenters. The van der Waals surface area contributed by atoms with Crippen molar-refractivity contribution < 1.29 is 18.8 Å². The maximum Gasteiger partial charge on any atom is 0.251 e. The predicted molar refractivity (Wildman–Crippen MR) is 98.2 cm³/mol. The molecule has 1 heterocycles. The number of nitrogens with one attached hydrogen (secondary N) is 1. The van der Waals surface area contributed by atoms with Gasteiger partial charge in [0.15, 0.2) is 11.5 Å². The van der Waals surface area contributed by atoms with Crippen LogP contribution in [0.5, 0.6) is 11.5 Å². The highest BCUT2D eigenvalue weighted by Crippen LogP contribution is 2.31. The van der Waals surface area contributed by atoms with Gasteiger partial charge in [0.2, 0.25) is 11.7 Å². The van der Waals surface area contributed by atoms with Crippen LogP contribution < -0.4 is 14.8 Å². The van der Waals surface area contributed by atoms with E-state index in [-0.39, 0.29) is 12.5 Å². The molecule has 0 radical (unpaired) electrons. The molecule has 0 aliphatic heterocycles. The summed E-state index contributed by atoms with van der Waals surface area (Å²) in [5.41, 5.74) is 1.27. The zero-order chi connectivity index (χ0) is 18.5. The van der Waals surface area contributed by atoms with Gasteiger partial charge in [-0.05, 0) is 42.5 Å². The molecule has 7 nitrogen and oxygen atoms in total. The average Bonchev–Trinajstić information content (AvgIpc) is 3.15. The Bertz CT molecular complexity index is 909. The van der Waals surface area contributed by atoms with Gasteiger partial charge in [-0.1, -0.05) is 21.1 Å².